The summed E-state index contributed by atoms with van der Waals surface area (Å²) in [6.07, 6.45) is 3.88. The van der Waals surface area contributed by atoms with Gasteiger partial charge in [-0.25, -0.2) is 8.78 Å². The monoisotopic (exact) mass is 992 g/mol. The molecule has 2 aliphatic heterocycles. The number of methoxy groups -OCH3 is 2. The Bertz CT molecular complexity index is 2570. The van der Waals surface area contributed by atoms with Crippen LogP contribution in [-0.2, 0) is 31.9 Å². The predicted molar refractivity (Wildman–Crippen MR) is 264 cm³/mol. The lowest BCUT2D eigenvalue weighted by atomic mass is 9.87. The van der Waals surface area contributed by atoms with Gasteiger partial charge in [0.25, 0.3) is 0 Å². The molecule has 0 saturated heterocycles. The van der Waals surface area contributed by atoms with Crippen LogP contribution in [0, 0.1) is 31.4 Å². The van der Waals surface area contributed by atoms with Gasteiger partial charge in [-0.3, -0.25) is 9.59 Å². The summed E-state index contributed by atoms with van der Waals surface area (Å²) in [7, 11) is 2.83. The average molecular weight is 993 g/mol. The molecule has 9 heteroatoms. The van der Waals surface area contributed by atoms with E-state index >= 15 is 0 Å². The molecule has 8 rings (SSSR count). The topological polar surface area (TPSA) is 71.1 Å². The Morgan fingerprint density at radius 2 is 1.06 bits per heavy atom. The number of hydrogen-bond acceptors (Lipinski definition) is 6. The Kier molecular flexibility index (Phi) is 17.0. The summed E-state index contributed by atoms with van der Waals surface area (Å²) >= 11 is 2.15. The molecule has 0 N–H and O–H groups in total. The second-order valence-electron chi connectivity index (χ2n) is 17.0. The molecule has 340 valence electrons. The molecule has 0 aliphatic carbocycles. The maximum atomic E-state index is 14.3. The van der Waals surface area contributed by atoms with Crippen molar-refractivity contribution in [2.75, 3.05) is 19.2 Å². The second-order valence-corrected chi connectivity index (χ2v) is 17.0. The van der Waals surface area contributed by atoms with Crippen LogP contribution in [0.25, 0.3) is 22.3 Å². The van der Waals surface area contributed by atoms with Crippen molar-refractivity contribution in [3.05, 3.63) is 177 Å². The van der Waals surface area contributed by atoms with Crippen molar-refractivity contribution in [1.29, 1.82) is 0 Å². The first-order chi connectivity index (χ1) is 31.3. The highest BCUT2D eigenvalue weighted by molar-refractivity contribution is 14.1. The Balaban J connectivity index is 0.000000208. The fourth-order valence-electron chi connectivity index (χ4n) is 8.44. The largest absolute Gasteiger partial charge is 0.485 e. The fourth-order valence-corrected chi connectivity index (χ4v) is 8.44. The summed E-state index contributed by atoms with van der Waals surface area (Å²) in [6, 6.07) is 38.7. The molecule has 0 bridgehead atoms. The number of hydrogen-bond donors (Lipinski definition) is 0. The summed E-state index contributed by atoms with van der Waals surface area (Å²) in [5.74, 6) is 0.755. The van der Waals surface area contributed by atoms with Crippen LogP contribution in [0.4, 0.5) is 8.78 Å². The van der Waals surface area contributed by atoms with Gasteiger partial charge in [-0.2, -0.15) is 0 Å². The van der Waals surface area contributed by atoms with Gasteiger partial charge < -0.3 is 18.9 Å². The van der Waals surface area contributed by atoms with Gasteiger partial charge in [-0.05, 0) is 137 Å². The van der Waals surface area contributed by atoms with Gasteiger partial charge in [0, 0.05) is 11.1 Å². The molecular weight excluding hydrogens is 934 g/mol. The first-order valence-corrected chi connectivity index (χ1v) is 24.3. The van der Waals surface area contributed by atoms with E-state index < -0.39 is 0 Å². The number of esters is 2. The number of fused-ring (bicyclic) bond motifs is 2. The SMILES string of the molecule is CI.COC(=O)C(C)C(C)c1ccc2c(c1)OC(c1ccc(-c3cc(C)ccc3F)cc1)CC2.COC(=O)CC(C)c1ccc2c(c1)OC(c1ccc(-c3cc(C)ccc3F)cc1)CC2. The third kappa shape index (κ3) is 12.0. The van der Waals surface area contributed by atoms with Crippen molar-refractivity contribution >= 4 is 34.5 Å². The molecule has 5 atom stereocenters. The normalized spacial score (nSPS) is 16.2. The van der Waals surface area contributed by atoms with Gasteiger partial charge in [-0.1, -0.05) is 139 Å². The molecule has 0 aromatic heterocycles. The van der Waals surface area contributed by atoms with Gasteiger partial charge >= 0.3 is 11.9 Å². The van der Waals surface area contributed by atoms with Crippen LogP contribution in [0.3, 0.4) is 0 Å². The number of carbonyl (C=O) groups is 2. The molecule has 5 unspecified atom stereocenters. The summed E-state index contributed by atoms with van der Waals surface area (Å²) in [4.78, 5) is 25.5. The number of benzene rings is 6. The smallest absolute Gasteiger partial charge is 0.308 e. The van der Waals surface area contributed by atoms with E-state index in [1.54, 1.807) is 12.1 Å². The number of alkyl halides is 1. The molecule has 6 nitrogen and oxygen atoms in total. The maximum absolute atomic E-state index is 14.3. The number of ether oxygens (including phenoxy) is 4. The van der Waals surface area contributed by atoms with Crippen molar-refractivity contribution in [1.82, 2.24) is 0 Å². The Morgan fingerprint density at radius 1 is 0.615 bits per heavy atom. The molecule has 2 aliphatic rings. The third-order valence-corrected chi connectivity index (χ3v) is 12.6. The van der Waals surface area contributed by atoms with Crippen molar-refractivity contribution in [2.24, 2.45) is 5.92 Å². The minimum Gasteiger partial charge on any atom is -0.485 e. The Hall–Kier alpha value is -5.55. The quantitative estimate of drug-likeness (QED) is 0.0774. The average Bonchev–Trinajstić information content (AvgIpc) is 3.34. The lowest BCUT2D eigenvalue weighted by Gasteiger charge is -2.28. The number of rotatable bonds is 10. The number of halogens is 3. The van der Waals surface area contributed by atoms with Crippen molar-refractivity contribution in [3.63, 3.8) is 0 Å². The van der Waals surface area contributed by atoms with Crippen LogP contribution in [-0.4, -0.2) is 31.1 Å². The minimum absolute atomic E-state index is 0.0280. The van der Waals surface area contributed by atoms with Crippen LogP contribution in [0.1, 0.15) is 109 Å². The first kappa shape index (κ1) is 48.9. The van der Waals surface area contributed by atoms with E-state index in [0.717, 1.165) is 81.7 Å². The van der Waals surface area contributed by atoms with E-state index in [4.69, 9.17) is 18.9 Å². The zero-order valence-corrected chi connectivity index (χ0v) is 40.7. The van der Waals surface area contributed by atoms with Gasteiger partial charge in [0.15, 0.2) is 0 Å². The number of aryl methyl sites for hydroxylation is 4. The fraction of sp³-hybridized carbons (Fsp3) is 0.321. The highest BCUT2D eigenvalue weighted by Gasteiger charge is 2.27. The lowest BCUT2D eigenvalue weighted by Crippen LogP contribution is -2.20. The van der Waals surface area contributed by atoms with E-state index in [-0.39, 0.29) is 53.5 Å². The van der Waals surface area contributed by atoms with E-state index in [2.05, 4.69) is 52.9 Å². The van der Waals surface area contributed by atoms with E-state index in [9.17, 15) is 18.4 Å². The summed E-state index contributed by atoms with van der Waals surface area (Å²) < 4.78 is 50.9. The maximum Gasteiger partial charge on any atom is 0.308 e. The molecule has 65 heavy (non-hydrogen) atoms. The van der Waals surface area contributed by atoms with E-state index in [1.165, 1.54) is 37.5 Å². The zero-order chi connectivity index (χ0) is 46.8. The third-order valence-electron chi connectivity index (χ3n) is 12.6. The summed E-state index contributed by atoms with van der Waals surface area (Å²) in [5.41, 5.74) is 11.7. The highest BCUT2D eigenvalue weighted by Crippen LogP contribution is 2.40. The van der Waals surface area contributed by atoms with Crippen molar-refractivity contribution < 1.29 is 37.3 Å². The van der Waals surface area contributed by atoms with E-state index in [1.807, 2.05) is 106 Å². The Morgan fingerprint density at radius 3 is 1.51 bits per heavy atom. The molecule has 0 amide bonds. The molecule has 0 spiro atoms. The van der Waals surface area contributed by atoms with Gasteiger partial charge in [0.1, 0.15) is 35.3 Å². The van der Waals surface area contributed by atoms with Gasteiger partial charge in [0.2, 0.25) is 0 Å². The van der Waals surface area contributed by atoms with Crippen LogP contribution < -0.4 is 9.47 Å². The van der Waals surface area contributed by atoms with Gasteiger partial charge in [0.05, 0.1) is 26.6 Å². The first-order valence-electron chi connectivity index (χ1n) is 22.2. The standard InChI is InChI=1S/C28H29FO3.C27H27FO3.CH3I/c1-17-5-13-25(29)24(15-17)20-6-8-21(9-7-20)26-14-12-22-10-11-23(16-27(22)32-26)18(2)19(3)28(30)31-4;1-17-4-12-24(28)23(14-17)19-5-7-20(8-6-19)25-13-11-21-9-10-22(16-26(21)31-25)18(2)15-27(29)30-3;1-2/h5-11,13,15-16,18-19,26H,12,14H2,1-4H3;4-10,12,14,16,18,25H,11,13,15H2,1-3H3;1H3. The number of carbonyl (C=O) groups excluding carboxylic acids is 2. The predicted octanol–water partition coefficient (Wildman–Crippen LogP) is 14.4. The molecule has 6 aromatic rings. The summed E-state index contributed by atoms with van der Waals surface area (Å²) in [5, 5.41) is 0. The lowest BCUT2D eigenvalue weighted by molar-refractivity contribution is -0.145. The highest BCUT2D eigenvalue weighted by atomic mass is 127. The Labute approximate surface area is 396 Å². The van der Waals surface area contributed by atoms with Gasteiger partial charge in [-0.15, -0.1) is 0 Å². The molecule has 0 radical (unpaired) electrons. The molecular formula is C56H59F2IO6. The molecule has 0 fully saturated rings. The van der Waals surface area contributed by atoms with Crippen molar-refractivity contribution in [2.45, 2.75) is 90.8 Å². The second kappa shape index (κ2) is 22.6. The molecule has 0 saturated carbocycles. The van der Waals surface area contributed by atoms with Crippen LogP contribution >= 0.6 is 22.6 Å². The van der Waals surface area contributed by atoms with E-state index in [0.29, 0.717) is 17.5 Å². The van der Waals surface area contributed by atoms with Crippen LogP contribution in [0.2, 0.25) is 0 Å². The minimum atomic E-state index is -0.230. The van der Waals surface area contributed by atoms with Crippen molar-refractivity contribution in [3.8, 4) is 33.8 Å². The van der Waals surface area contributed by atoms with Crippen LogP contribution in [0.15, 0.2) is 121 Å². The van der Waals surface area contributed by atoms with Crippen LogP contribution in [0.5, 0.6) is 11.5 Å². The molecule has 2 heterocycles. The molecule has 6 aromatic carbocycles. The zero-order valence-electron chi connectivity index (χ0n) is 38.6. The summed E-state index contributed by atoms with van der Waals surface area (Å²) in [6.45, 7) is 9.86.